The summed E-state index contributed by atoms with van der Waals surface area (Å²) < 4.78 is 0. The highest BCUT2D eigenvalue weighted by molar-refractivity contribution is 5.22. The molecule has 1 aliphatic rings. The minimum Gasteiger partial charge on any atom is -0.389 e. The van der Waals surface area contributed by atoms with Crippen LogP contribution >= 0.6 is 0 Å². The highest BCUT2D eigenvalue weighted by Gasteiger charge is 2.36. The van der Waals surface area contributed by atoms with Crippen LogP contribution in [0, 0.1) is 5.92 Å². The van der Waals surface area contributed by atoms with Crippen LogP contribution in [0.3, 0.4) is 0 Å². The zero-order chi connectivity index (χ0) is 8.65. The molecule has 0 aromatic heterocycles. The molecule has 0 fully saturated rings. The molecule has 0 saturated heterocycles. The first-order valence-corrected chi connectivity index (χ1v) is 4.33. The lowest BCUT2D eigenvalue weighted by Gasteiger charge is -2.27. The Kier molecular flexibility index (Phi) is 2.10. The van der Waals surface area contributed by atoms with Crippen LogP contribution in [0.4, 0.5) is 0 Å². The van der Waals surface area contributed by atoms with E-state index in [-0.39, 0.29) is 0 Å². The summed E-state index contributed by atoms with van der Waals surface area (Å²) in [6.45, 7) is 8.42. The van der Waals surface area contributed by atoms with E-state index in [1.54, 1.807) is 0 Å². The summed E-state index contributed by atoms with van der Waals surface area (Å²) in [5, 5.41) is 10.1. The molecule has 0 unspecified atom stereocenters. The van der Waals surface area contributed by atoms with Crippen LogP contribution in [0.2, 0.25) is 0 Å². The normalized spacial score (nSPS) is 23.5. The first-order valence-electron chi connectivity index (χ1n) is 4.33. The lowest BCUT2D eigenvalue weighted by molar-refractivity contribution is 0.00493. The molecule has 0 bridgehead atoms. The van der Waals surface area contributed by atoms with Gasteiger partial charge in [0.1, 0.15) is 0 Å². The largest absolute Gasteiger partial charge is 0.389 e. The number of hydrogen-bond acceptors (Lipinski definition) is 1. The quantitative estimate of drug-likeness (QED) is 0.575. The Morgan fingerprint density at radius 1 is 1.18 bits per heavy atom. The molecule has 0 heterocycles. The van der Waals surface area contributed by atoms with Crippen molar-refractivity contribution in [2.75, 3.05) is 0 Å². The van der Waals surface area contributed by atoms with Crippen molar-refractivity contribution in [1.29, 1.82) is 0 Å². The van der Waals surface area contributed by atoms with Crippen molar-refractivity contribution in [3.63, 3.8) is 0 Å². The molecule has 0 amide bonds. The maximum atomic E-state index is 10.1. The van der Waals surface area contributed by atoms with Crippen LogP contribution in [0.1, 0.15) is 40.5 Å². The summed E-state index contributed by atoms with van der Waals surface area (Å²) in [6.07, 6.45) is 1.74. The van der Waals surface area contributed by atoms with Crippen LogP contribution in [-0.2, 0) is 0 Å². The number of rotatable bonds is 1. The van der Waals surface area contributed by atoms with Gasteiger partial charge in [-0.15, -0.1) is 0 Å². The van der Waals surface area contributed by atoms with Gasteiger partial charge in [0.05, 0.1) is 5.60 Å². The summed E-state index contributed by atoms with van der Waals surface area (Å²) in [6, 6.07) is 0. The van der Waals surface area contributed by atoms with Gasteiger partial charge in [-0.1, -0.05) is 25.0 Å². The molecule has 64 valence electrons. The predicted molar refractivity (Wildman–Crippen MR) is 47.4 cm³/mol. The van der Waals surface area contributed by atoms with Gasteiger partial charge in [-0.25, -0.2) is 0 Å². The standard InChI is InChI=1S/C10H18O/c1-7(2)10(11)5-8(3)9(4)6-10/h7,11H,5-6H2,1-4H3. The van der Waals surface area contributed by atoms with Gasteiger partial charge >= 0.3 is 0 Å². The summed E-state index contributed by atoms with van der Waals surface area (Å²) in [7, 11) is 0. The van der Waals surface area contributed by atoms with E-state index in [2.05, 4.69) is 27.7 Å². The van der Waals surface area contributed by atoms with Crippen molar-refractivity contribution in [3.8, 4) is 0 Å². The lowest BCUT2D eigenvalue weighted by Crippen LogP contribution is -2.31. The van der Waals surface area contributed by atoms with Gasteiger partial charge in [0.15, 0.2) is 0 Å². The van der Waals surface area contributed by atoms with Crippen LogP contribution in [0.5, 0.6) is 0 Å². The first kappa shape index (κ1) is 8.79. The third kappa shape index (κ3) is 1.48. The minimum absolute atomic E-state index is 0.370. The van der Waals surface area contributed by atoms with Crippen molar-refractivity contribution in [2.24, 2.45) is 5.92 Å². The second-order valence-electron chi connectivity index (χ2n) is 4.17. The van der Waals surface area contributed by atoms with Crippen molar-refractivity contribution in [3.05, 3.63) is 11.1 Å². The molecule has 0 atom stereocenters. The predicted octanol–water partition coefficient (Wildman–Crippen LogP) is 2.50. The fourth-order valence-electron chi connectivity index (χ4n) is 1.69. The highest BCUT2D eigenvalue weighted by atomic mass is 16.3. The summed E-state index contributed by atoms with van der Waals surface area (Å²) >= 11 is 0. The smallest absolute Gasteiger partial charge is 0.0744 e. The van der Waals surface area contributed by atoms with E-state index in [4.69, 9.17) is 0 Å². The van der Waals surface area contributed by atoms with Gasteiger partial charge in [-0.3, -0.25) is 0 Å². The Morgan fingerprint density at radius 3 is 1.73 bits per heavy atom. The van der Waals surface area contributed by atoms with Crippen molar-refractivity contribution >= 4 is 0 Å². The zero-order valence-electron chi connectivity index (χ0n) is 7.94. The number of aliphatic hydroxyl groups is 1. The monoisotopic (exact) mass is 154 g/mol. The Morgan fingerprint density at radius 2 is 1.55 bits per heavy atom. The molecule has 0 saturated carbocycles. The third-order valence-corrected chi connectivity index (χ3v) is 2.95. The van der Waals surface area contributed by atoms with E-state index in [0.717, 1.165) is 12.8 Å². The van der Waals surface area contributed by atoms with Crippen molar-refractivity contribution < 1.29 is 5.11 Å². The molecule has 1 rings (SSSR count). The van der Waals surface area contributed by atoms with Crippen LogP contribution < -0.4 is 0 Å². The minimum atomic E-state index is -0.436. The third-order valence-electron chi connectivity index (χ3n) is 2.95. The summed E-state index contributed by atoms with van der Waals surface area (Å²) in [5.74, 6) is 0.370. The average molecular weight is 154 g/mol. The van der Waals surface area contributed by atoms with E-state index in [9.17, 15) is 5.11 Å². The van der Waals surface area contributed by atoms with Crippen molar-refractivity contribution in [1.82, 2.24) is 0 Å². The zero-order valence-corrected chi connectivity index (χ0v) is 7.94. The highest BCUT2D eigenvalue weighted by Crippen LogP contribution is 2.39. The number of hydrogen-bond donors (Lipinski definition) is 1. The molecule has 1 nitrogen and oxygen atoms in total. The van der Waals surface area contributed by atoms with Gasteiger partial charge < -0.3 is 5.11 Å². The Hall–Kier alpha value is -0.300. The van der Waals surface area contributed by atoms with Crippen LogP contribution in [0.15, 0.2) is 11.1 Å². The molecular formula is C10H18O. The maximum absolute atomic E-state index is 10.1. The fourth-order valence-corrected chi connectivity index (χ4v) is 1.69. The van der Waals surface area contributed by atoms with Crippen LogP contribution in [-0.4, -0.2) is 10.7 Å². The van der Waals surface area contributed by atoms with Gasteiger partial charge in [-0.2, -0.15) is 0 Å². The van der Waals surface area contributed by atoms with Gasteiger partial charge in [-0.05, 0) is 32.6 Å². The molecule has 11 heavy (non-hydrogen) atoms. The van der Waals surface area contributed by atoms with E-state index < -0.39 is 5.60 Å². The summed E-state index contributed by atoms with van der Waals surface area (Å²) in [5.41, 5.74) is 2.32. The second kappa shape index (κ2) is 2.63. The van der Waals surface area contributed by atoms with Crippen LogP contribution in [0.25, 0.3) is 0 Å². The molecule has 0 aromatic rings. The fraction of sp³-hybridized carbons (Fsp3) is 0.800. The molecule has 1 heteroatoms. The van der Waals surface area contributed by atoms with Gasteiger partial charge in [0.25, 0.3) is 0 Å². The van der Waals surface area contributed by atoms with Gasteiger partial charge in [0, 0.05) is 0 Å². The van der Waals surface area contributed by atoms with E-state index in [1.165, 1.54) is 11.1 Å². The molecular weight excluding hydrogens is 136 g/mol. The average Bonchev–Trinajstić information content (AvgIpc) is 2.09. The van der Waals surface area contributed by atoms with Gasteiger partial charge in [0.2, 0.25) is 0 Å². The molecule has 0 aromatic carbocycles. The first-order chi connectivity index (χ1) is 4.96. The Labute approximate surface area is 69.1 Å². The SMILES string of the molecule is CC1=C(C)CC(O)(C(C)C)C1. The summed E-state index contributed by atoms with van der Waals surface area (Å²) in [4.78, 5) is 0. The lowest BCUT2D eigenvalue weighted by atomic mass is 9.87. The second-order valence-corrected chi connectivity index (χ2v) is 4.17. The molecule has 1 aliphatic carbocycles. The Balaban J connectivity index is 2.72. The van der Waals surface area contributed by atoms with E-state index >= 15 is 0 Å². The van der Waals surface area contributed by atoms with E-state index in [0.29, 0.717) is 5.92 Å². The van der Waals surface area contributed by atoms with E-state index in [1.807, 2.05) is 0 Å². The maximum Gasteiger partial charge on any atom is 0.0744 e. The molecule has 0 aliphatic heterocycles. The molecule has 0 radical (unpaired) electrons. The van der Waals surface area contributed by atoms with Crippen molar-refractivity contribution in [2.45, 2.75) is 46.1 Å². The Bertz CT molecular complexity index is 175. The topological polar surface area (TPSA) is 20.2 Å². The molecule has 1 N–H and O–H groups in total. The molecule has 0 spiro atoms.